The van der Waals surface area contributed by atoms with Crippen LogP contribution >= 0.6 is 0 Å². The first-order valence-corrected chi connectivity index (χ1v) is 8.94. The summed E-state index contributed by atoms with van der Waals surface area (Å²) >= 11 is 0. The second-order valence-electron chi connectivity index (χ2n) is 6.93. The lowest BCUT2D eigenvalue weighted by molar-refractivity contribution is 0.0426. The summed E-state index contributed by atoms with van der Waals surface area (Å²) in [5, 5.41) is 12.9. The molecular formula is C20H22N4O2. The second kappa shape index (κ2) is 6.50. The molecule has 1 aromatic carbocycles. The predicted molar refractivity (Wildman–Crippen MR) is 97.7 cm³/mol. The molecule has 4 rings (SSSR count). The van der Waals surface area contributed by atoms with Crippen LogP contribution in [-0.2, 0) is 11.8 Å². The van der Waals surface area contributed by atoms with E-state index in [0.717, 1.165) is 36.4 Å². The molecule has 2 atom stereocenters. The quantitative estimate of drug-likeness (QED) is 0.924. The maximum absolute atomic E-state index is 13.2. The van der Waals surface area contributed by atoms with Crippen molar-refractivity contribution in [1.82, 2.24) is 9.47 Å². The highest BCUT2D eigenvalue weighted by Crippen LogP contribution is 2.36. The number of nitrogens with zero attached hydrogens (tertiary/aromatic N) is 3. The Hall–Kier alpha value is -2.78. The molecule has 0 bridgehead atoms. The molecule has 2 aromatic rings. The zero-order valence-corrected chi connectivity index (χ0v) is 15.0. The summed E-state index contributed by atoms with van der Waals surface area (Å²) in [4.78, 5) is 15.1. The molecule has 0 spiro atoms. The number of fused-ring (bicyclic) bond motifs is 1. The highest BCUT2D eigenvalue weighted by molar-refractivity contribution is 6.01. The lowest BCUT2D eigenvalue weighted by atomic mass is 10.0. The number of ether oxygens (including phenoxy) is 1. The van der Waals surface area contributed by atoms with Crippen molar-refractivity contribution < 1.29 is 9.53 Å². The zero-order chi connectivity index (χ0) is 18.3. The Morgan fingerprint density at radius 3 is 2.88 bits per heavy atom. The van der Waals surface area contributed by atoms with Crippen molar-refractivity contribution in [2.45, 2.75) is 32.0 Å². The second-order valence-corrected chi connectivity index (χ2v) is 6.93. The number of aromatic nitrogens is 1. The molecule has 0 aliphatic carbocycles. The predicted octanol–water partition coefficient (Wildman–Crippen LogP) is 2.95. The largest absolute Gasteiger partial charge is 0.376 e. The van der Waals surface area contributed by atoms with Crippen molar-refractivity contribution >= 4 is 11.6 Å². The van der Waals surface area contributed by atoms with Crippen LogP contribution in [0.15, 0.2) is 30.3 Å². The first-order valence-electron chi connectivity index (χ1n) is 8.94. The number of nitriles is 1. The molecule has 3 heterocycles. The number of nitrogens with one attached hydrogen (secondary N) is 1. The average Bonchev–Trinajstić information content (AvgIpc) is 3.26. The van der Waals surface area contributed by atoms with E-state index in [0.29, 0.717) is 17.8 Å². The van der Waals surface area contributed by atoms with Gasteiger partial charge in [-0.3, -0.25) is 4.79 Å². The van der Waals surface area contributed by atoms with Crippen LogP contribution < -0.4 is 5.32 Å². The molecule has 134 valence electrons. The van der Waals surface area contributed by atoms with Gasteiger partial charge >= 0.3 is 0 Å². The van der Waals surface area contributed by atoms with Gasteiger partial charge in [-0.15, -0.1) is 0 Å². The van der Waals surface area contributed by atoms with Gasteiger partial charge < -0.3 is 19.5 Å². The van der Waals surface area contributed by atoms with Crippen molar-refractivity contribution in [3.05, 3.63) is 52.8 Å². The van der Waals surface area contributed by atoms with Crippen LogP contribution in [0.3, 0.4) is 0 Å². The van der Waals surface area contributed by atoms with Gasteiger partial charge in [0.05, 0.1) is 11.7 Å². The number of anilines is 1. The van der Waals surface area contributed by atoms with Crippen LogP contribution in [0.2, 0.25) is 0 Å². The van der Waals surface area contributed by atoms with Gasteiger partial charge in [-0.05, 0) is 38.0 Å². The fourth-order valence-corrected chi connectivity index (χ4v) is 3.84. The molecule has 0 saturated carbocycles. The number of benzene rings is 1. The molecule has 6 nitrogen and oxygen atoms in total. The van der Waals surface area contributed by atoms with Gasteiger partial charge in [0.1, 0.15) is 17.9 Å². The SMILES string of the molecule is Cc1c([C@H]2Nc3ccccc3C(=O)N2C[C@@H]2CCCO2)cc(C#N)n1C. The summed E-state index contributed by atoms with van der Waals surface area (Å²) in [6, 6.07) is 11.7. The number of hydrogen-bond donors (Lipinski definition) is 1. The Morgan fingerprint density at radius 1 is 1.38 bits per heavy atom. The number of hydrogen-bond acceptors (Lipinski definition) is 4. The van der Waals surface area contributed by atoms with E-state index in [9.17, 15) is 10.1 Å². The van der Waals surface area contributed by atoms with Gasteiger partial charge in [-0.1, -0.05) is 12.1 Å². The lowest BCUT2D eigenvalue weighted by Crippen LogP contribution is -2.46. The number of rotatable bonds is 3. The van der Waals surface area contributed by atoms with E-state index >= 15 is 0 Å². The molecule has 0 unspecified atom stereocenters. The van der Waals surface area contributed by atoms with Crippen molar-refractivity contribution in [3.8, 4) is 6.07 Å². The van der Waals surface area contributed by atoms with E-state index in [-0.39, 0.29) is 18.2 Å². The molecule has 1 amide bonds. The normalized spacial score (nSPS) is 22.0. The summed E-state index contributed by atoms with van der Waals surface area (Å²) in [5.41, 5.74) is 4.01. The topological polar surface area (TPSA) is 70.3 Å². The van der Waals surface area contributed by atoms with E-state index in [1.54, 1.807) is 0 Å². The third-order valence-corrected chi connectivity index (χ3v) is 5.43. The van der Waals surface area contributed by atoms with Gasteiger partial charge in [0.15, 0.2) is 0 Å². The average molecular weight is 350 g/mol. The van der Waals surface area contributed by atoms with E-state index in [4.69, 9.17) is 4.74 Å². The number of carbonyl (C=O) groups excluding carboxylic acids is 1. The minimum Gasteiger partial charge on any atom is -0.376 e. The third-order valence-electron chi connectivity index (χ3n) is 5.43. The molecule has 26 heavy (non-hydrogen) atoms. The number of carbonyl (C=O) groups is 1. The minimum atomic E-state index is -0.310. The van der Waals surface area contributed by atoms with E-state index in [2.05, 4.69) is 11.4 Å². The fraction of sp³-hybridized carbons (Fsp3) is 0.400. The van der Waals surface area contributed by atoms with Gasteiger partial charge in [-0.2, -0.15) is 5.26 Å². The Balaban J connectivity index is 1.77. The van der Waals surface area contributed by atoms with Gasteiger partial charge in [0.25, 0.3) is 5.91 Å². The first-order chi connectivity index (χ1) is 12.6. The highest BCUT2D eigenvalue weighted by Gasteiger charge is 2.36. The standard InChI is InChI=1S/C20H22N4O2/c1-13-17(10-14(11-21)23(13)2)19-22-18-8-4-3-7-16(18)20(25)24(19)12-15-6-5-9-26-15/h3-4,7-8,10,15,19,22H,5-6,9,12H2,1-2H3/t15-,19-/m0/s1. The van der Waals surface area contributed by atoms with Crippen molar-refractivity contribution in [2.24, 2.45) is 7.05 Å². The van der Waals surface area contributed by atoms with E-state index in [1.165, 1.54) is 0 Å². The molecule has 1 aromatic heterocycles. The van der Waals surface area contributed by atoms with Crippen LogP contribution in [0.5, 0.6) is 0 Å². The van der Waals surface area contributed by atoms with Crippen LogP contribution in [0, 0.1) is 18.3 Å². The smallest absolute Gasteiger partial charge is 0.257 e. The van der Waals surface area contributed by atoms with E-state index < -0.39 is 0 Å². The monoisotopic (exact) mass is 350 g/mol. The maximum atomic E-state index is 13.2. The van der Waals surface area contributed by atoms with Crippen molar-refractivity contribution in [1.29, 1.82) is 5.26 Å². The number of amides is 1. The summed E-state index contributed by atoms with van der Waals surface area (Å²) in [5.74, 6) is 0.00149. The van der Waals surface area contributed by atoms with Crippen LogP contribution in [0.25, 0.3) is 0 Å². The third kappa shape index (κ3) is 2.65. The van der Waals surface area contributed by atoms with Crippen LogP contribution in [-0.4, -0.2) is 34.6 Å². The molecule has 6 heteroatoms. The van der Waals surface area contributed by atoms with Gasteiger partial charge in [0.2, 0.25) is 0 Å². The lowest BCUT2D eigenvalue weighted by Gasteiger charge is -2.39. The Bertz CT molecular complexity index is 890. The summed E-state index contributed by atoms with van der Waals surface area (Å²) < 4.78 is 7.64. The maximum Gasteiger partial charge on any atom is 0.257 e. The van der Waals surface area contributed by atoms with Crippen LogP contribution in [0.4, 0.5) is 5.69 Å². The molecule has 0 radical (unpaired) electrons. The molecule has 1 N–H and O–H groups in total. The highest BCUT2D eigenvalue weighted by atomic mass is 16.5. The van der Waals surface area contributed by atoms with E-state index in [1.807, 2.05) is 53.8 Å². The molecular weight excluding hydrogens is 328 g/mol. The Labute approximate surface area is 153 Å². The van der Waals surface area contributed by atoms with Crippen LogP contribution in [0.1, 0.15) is 46.3 Å². The summed E-state index contributed by atoms with van der Waals surface area (Å²) in [7, 11) is 1.88. The molecule has 2 aliphatic rings. The minimum absolute atomic E-state index is 0.00149. The number of para-hydroxylation sites is 1. The van der Waals surface area contributed by atoms with Crippen molar-refractivity contribution in [2.75, 3.05) is 18.5 Å². The fourth-order valence-electron chi connectivity index (χ4n) is 3.84. The Kier molecular flexibility index (Phi) is 4.17. The van der Waals surface area contributed by atoms with Gasteiger partial charge in [0, 0.05) is 37.1 Å². The van der Waals surface area contributed by atoms with Gasteiger partial charge in [-0.25, -0.2) is 0 Å². The molecule has 1 fully saturated rings. The first kappa shape index (κ1) is 16.7. The van der Waals surface area contributed by atoms with Crippen molar-refractivity contribution in [3.63, 3.8) is 0 Å². The molecule has 2 aliphatic heterocycles. The summed E-state index contributed by atoms with van der Waals surface area (Å²) in [6.45, 7) is 3.28. The summed E-state index contributed by atoms with van der Waals surface area (Å²) in [6.07, 6.45) is 1.75. The Morgan fingerprint density at radius 2 is 2.19 bits per heavy atom. The molecule has 1 saturated heterocycles. The zero-order valence-electron chi connectivity index (χ0n) is 15.0.